The molecule has 1 heterocycles. The fourth-order valence-electron chi connectivity index (χ4n) is 1.45. The van der Waals surface area contributed by atoms with Crippen LogP contribution >= 0.6 is 0 Å². The molecule has 0 aromatic carbocycles. The molecule has 6 heteroatoms. The van der Waals surface area contributed by atoms with Crippen LogP contribution < -0.4 is 0 Å². The standard InChI is InChI=1S/C8H13NO5/c1-13-7(11)5-3-9(4-6(5)10)8(12)14-2/h5-6,10H,3-4H2,1-2H3/t5-,6+/m1/s1. The summed E-state index contributed by atoms with van der Waals surface area (Å²) in [6, 6.07) is 0. The van der Waals surface area contributed by atoms with Crippen LogP contribution in [0.2, 0.25) is 0 Å². The summed E-state index contributed by atoms with van der Waals surface area (Å²) in [5, 5.41) is 9.46. The van der Waals surface area contributed by atoms with Gasteiger partial charge in [0.2, 0.25) is 0 Å². The van der Waals surface area contributed by atoms with Crippen LogP contribution in [0.15, 0.2) is 0 Å². The number of esters is 1. The molecule has 1 amide bonds. The molecule has 0 bridgehead atoms. The van der Waals surface area contributed by atoms with E-state index < -0.39 is 24.1 Å². The smallest absolute Gasteiger partial charge is 0.409 e. The lowest BCUT2D eigenvalue weighted by atomic mass is 10.1. The molecule has 0 aromatic heterocycles. The van der Waals surface area contributed by atoms with Gasteiger partial charge in [0, 0.05) is 6.54 Å². The molecular formula is C8H13NO5. The summed E-state index contributed by atoms with van der Waals surface area (Å²) in [6.07, 6.45) is -1.42. The van der Waals surface area contributed by atoms with E-state index >= 15 is 0 Å². The zero-order valence-corrected chi connectivity index (χ0v) is 8.10. The van der Waals surface area contributed by atoms with Gasteiger partial charge >= 0.3 is 12.1 Å². The molecule has 0 aliphatic carbocycles. The Bertz CT molecular complexity index is 242. The van der Waals surface area contributed by atoms with Crippen molar-refractivity contribution in [3.8, 4) is 0 Å². The van der Waals surface area contributed by atoms with Gasteiger partial charge in [-0.2, -0.15) is 0 Å². The number of aliphatic hydroxyl groups is 1. The highest BCUT2D eigenvalue weighted by Gasteiger charge is 2.39. The van der Waals surface area contributed by atoms with E-state index in [0.29, 0.717) is 0 Å². The molecular weight excluding hydrogens is 190 g/mol. The minimum Gasteiger partial charge on any atom is -0.469 e. The van der Waals surface area contributed by atoms with E-state index in [1.165, 1.54) is 19.1 Å². The number of β-amino-alcohol motifs (C(OH)–C–C–N with tert-alkyl or cyclic N) is 1. The second-order valence-corrected chi connectivity index (χ2v) is 3.07. The lowest BCUT2D eigenvalue weighted by Gasteiger charge is -2.12. The quantitative estimate of drug-likeness (QED) is 0.566. The van der Waals surface area contributed by atoms with E-state index in [1.54, 1.807) is 0 Å². The maximum Gasteiger partial charge on any atom is 0.409 e. The van der Waals surface area contributed by atoms with Crippen molar-refractivity contribution in [3.63, 3.8) is 0 Å². The molecule has 14 heavy (non-hydrogen) atoms. The van der Waals surface area contributed by atoms with Crippen LogP contribution in [0.25, 0.3) is 0 Å². The predicted octanol–water partition coefficient (Wildman–Crippen LogP) is -0.782. The number of hydrogen-bond acceptors (Lipinski definition) is 5. The molecule has 1 N–H and O–H groups in total. The van der Waals surface area contributed by atoms with Crippen molar-refractivity contribution in [1.82, 2.24) is 4.90 Å². The van der Waals surface area contributed by atoms with Gasteiger partial charge in [-0.1, -0.05) is 0 Å². The minimum absolute atomic E-state index is 0.104. The van der Waals surface area contributed by atoms with Gasteiger partial charge in [-0.05, 0) is 0 Å². The predicted molar refractivity (Wildman–Crippen MR) is 45.5 cm³/mol. The summed E-state index contributed by atoms with van der Waals surface area (Å²) < 4.78 is 8.96. The number of likely N-dealkylation sites (tertiary alicyclic amines) is 1. The maximum atomic E-state index is 11.1. The highest BCUT2D eigenvalue weighted by Crippen LogP contribution is 2.18. The molecule has 0 saturated carbocycles. The van der Waals surface area contributed by atoms with Crippen LogP contribution in [0.5, 0.6) is 0 Å². The number of rotatable bonds is 1. The molecule has 1 fully saturated rings. The molecule has 0 spiro atoms. The molecule has 1 saturated heterocycles. The molecule has 0 radical (unpaired) electrons. The van der Waals surface area contributed by atoms with Crippen LogP contribution in [-0.4, -0.2) is 55.5 Å². The van der Waals surface area contributed by atoms with Gasteiger partial charge < -0.3 is 19.5 Å². The van der Waals surface area contributed by atoms with Gasteiger partial charge in [0.05, 0.1) is 26.9 Å². The van der Waals surface area contributed by atoms with Gasteiger partial charge in [0.1, 0.15) is 5.92 Å². The molecule has 0 aromatic rings. The average Bonchev–Trinajstić information content (AvgIpc) is 2.58. The Morgan fingerprint density at radius 1 is 1.29 bits per heavy atom. The lowest BCUT2D eigenvalue weighted by Crippen LogP contribution is -2.29. The molecule has 2 atom stereocenters. The molecule has 0 unspecified atom stereocenters. The summed E-state index contributed by atoms with van der Waals surface area (Å²) >= 11 is 0. The van der Waals surface area contributed by atoms with Crippen LogP contribution in [0.4, 0.5) is 4.79 Å². The van der Waals surface area contributed by atoms with E-state index in [1.807, 2.05) is 0 Å². The number of carbonyl (C=O) groups excluding carboxylic acids is 2. The van der Waals surface area contributed by atoms with E-state index in [4.69, 9.17) is 0 Å². The third kappa shape index (κ3) is 1.95. The van der Waals surface area contributed by atoms with E-state index in [2.05, 4.69) is 9.47 Å². The Kier molecular flexibility index (Phi) is 3.29. The summed E-state index contributed by atoms with van der Waals surface area (Å²) in [7, 11) is 2.50. The molecule has 1 aliphatic heterocycles. The number of ether oxygens (including phenoxy) is 2. The molecule has 1 rings (SSSR count). The van der Waals surface area contributed by atoms with Crippen molar-refractivity contribution < 1.29 is 24.2 Å². The second kappa shape index (κ2) is 4.28. The molecule has 80 valence electrons. The van der Waals surface area contributed by atoms with Crippen molar-refractivity contribution >= 4 is 12.1 Å². The largest absolute Gasteiger partial charge is 0.469 e. The highest BCUT2D eigenvalue weighted by molar-refractivity contribution is 5.76. The van der Waals surface area contributed by atoms with Gasteiger partial charge in [-0.25, -0.2) is 4.79 Å². The minimum atomic E-state index is -0.874. The van der Waals surface area contributed by atoms with Gasteiger partial charge in [0.25, 0.3) is 0 Å². The Morgan fingerprint density at radius 3 is 2.43 bits per heavy atom. The van der Waals surface area contributed by atoms with Crippen LogP contribution in [-0.2, 0) is 14.3 Å². The Hall–Kier alpha value is -1.30. The Labute approximate surface area is 81.4 Å². The number of nitrogens with zero attached hydrogens (tertiary/aromatic N) is 1. The second-order valence-electron chi connectivity index (χ2n) is 3.07. The zero-order chi connectivity index (χ0) is 10.7. The number of hydrogen-bond donors (Lipinski definition) is 1. The summed E-state index contributed by atoms with van der Waals surface area (Å²) in [5.41, 5.74) is 0. The summed E-state index contributed by atoms with van der Waals surface area (Å²) in [4.78, 5) is 23.4. The first-order valence-corrected chi connectivity index (χ1v) is 4.19. The van der Waals surface area contributed by atoms with Crippen molar-refractivity contribution in [3.05, 3.63) is 0 Å². The van der Waals surface area contributed by atoms with Crippen molar-refractivity contribution in [1.29, 1.82) is 0 Å². The van der Waals surface area contributed by atoms with Crippen LogP contribution in [0, 0.1) is 5.92 Å². The van der Waals surface area contributed by atoms with Crippen molar-refractivity contribution in [2.24, 2.45) is 5.92 Å². The fraction of sp³-hybridized carbons (Fsp3) is 0.750. The van der Waals surface area contributed by atoms with E-state index in [-0.39, 0.29) is 13.1 Å². The first-order valence-electron chi connectivity index (χ1n) is 4.19. The van der Waals surface area contributed by atoms with E-state index in [0.717, 1.165) is 0 Å². The van der Waals surface area contributed by atoms with Crippen molar-refractivity contribution in [2.75, 3.05) is 27.3 Å². The average molecular weight is 203 g/mol. The van der Waals surface area contributed by atoms with Crippen LogP contribution in [0.3, 0.4) is 0 Å². The Morgan fingerprint density at radius 2 is 1.93 bits per heavy atom. The molecule has 1 aliphatic rings. The SMILES string of the molecule is COC(=O)[C@@H]1CN(C(=O)OC)C[C@@H]1O. The third-order valence-corrected chi connectivity index (χ3v) is 2.23. The maximum absolute atomic E-state index is 11.1. The monoisotopic (exact) mass is 203 g/mol. The topological polar surface area (TPSA) is 76.1 Å². The molecule has 6 nitrogen and oxygen atoms in total. The number of carbonyl (C=O) groups is 2. The third-order valence-electron chi connectivity index (χ3n) is 2.23. The highest BCUT2D eigenvalue weighted by atomic mass is 16.5. The zero-order valence-electron chi connectivity index (χ0n) is 8.10. The summed E-state index contributed by atoms with van der Waals surface area (Å²) in [5.74, 6) is -1.18. The van der Waals surface area contributed by atoms with E-state index in [9.17, 15) is 14.7 Å². The Balaban J connectivity index is 2.59. The van der Waals surface area contributed by atoms with Crippen molar-refractivity contribution in [2.45, 2.75) is 6.10 Å². The van der Waals surface area contributed by atoms with Gasteiger partial charge in [-0.15, -0.1) is 0 Å². The van der Waals surface area contributed by atoms with Gasteiger partial charge in [-0.3, -0.25) is 4.79 Å². The fourth-order valence-corrected chi connectivity index (χ4v) is 1.45. The first kappa shape index (κ1) is 10.8. The summed E-state index contributed by atoms with van der Waals surface area (Å²) in [6.45, 7) is 0.243. The number of aliphatic hydroxyl groups excluding tert-OH is 1. The first-order chi connectivity index (χ1) is 6.60. The number of amides is 1. The number of methoxy groups -OCH3 is 2. The van der Waals surface area contributed by atoms with Gasteiger partial charge in [0.15, 0.2) is 0 Å². The lowest BCUT2D eigenvalue weighted by molar-refractivity contribution is -0.147. The normalized spacial score (nSPS) is 26.1. The van der Waals surface area contributed by atoms with Crippen LogP contribution in [0.1, 0.15) is 0 Å².